The summed E-state index contributed by atoms with van der Waals surface area (Å²) in [6, 6.07) is 15.3. The zero-order chi connectivity index (χ0) is 63.4. The number of rotatable bonds is 7. The number of carbonyl (C=O) groups is 8. The highest BCUT2D eigenvalue weighted by Crippen LogP contribution is 2.56. The summed E-state index contributed by atoms with van der Waals surface area (Å²) in [5, 5.41) is 55.8. The molecule has 454 valence electrons. The van der Waals surface area contributed by atoms with Gasteiger partial charge in [-0.15, -0.1) is 0 Å². The fourth-order valence-electron chi connectivity index (χ4n) is 16.5. The molecule has 22 nitrogen and oxygen atoms in total. The van der Waals surface area contributed by atoms with Crippen molar-refractivity contribution in [2.24, 2.45) is 0 Å². The van der Waals surface area contributed by atoms with Crippen LogP contribution in [0, 0.1) is 36.5 Å². The first-order valence-corrected chi connectivity index (χ1v) is 29.3. The minimum absolute atomic E-state index is 0.000264. The molecule has 4 amide bonds. The minimum atomic E-state index is -1.06. The molecule has 4 aromatic rings. The highest BCUT2D eigenvalue weighted by Gasteiger charge is 2.61. The smallest absolute Gasteiger partial charge is 0.261 e. The fraction of sp³-hybridized carbons (Fsp3) is 0.373. The number of benzene rings is 4. The Morgan fingerprint density at radius 3 is 1.28 bits per heavy atom. The van der Waals surface area contributed by atoms with Crippen molar-refractivity contribution in [3.05, 3.63) is 161 Å². The average Bonchev–Trinajstić information content (AvgIpc) is 1.15. The van der Waals surface area contributed by atoms with Gasteiger partial charge < -0.3 is 29.5 Å². The maximum atomic E-state index is 14.1. The zero-order valence-corrected chi connectivity index (χ0v) is 50.2. The number of Topliss-reactive ketones (excluding diaryl/α,β-unsaturated/α-hetero) is 4. The van der Waals surface area contributed by atoms with Crippen LogP contribution in [0.4, 0.5) is 0 Å². The third-order valence-corrected chi connectivity index (χ3v) is 20.4. The molecule has 8 aliphatic heterocycles. The number of phenolic OH excluding ortho intramolecular Hbond substituents is 2. The molecule has 2 fully saturated rings. The van der Waals surface area contributed by atoms with Crippen LogP contribution in [-0.4, -0.2) is 188 Å². The van der Waals surface area contributed by atoms with Gasteiger partial charge in [0.05, 0.1) is 79.9 Å². The monoisotopic (exact) mass is 1200 g/mol. The molecule has 8 heterocycles. The predicted octanol–water partition coefficient (Wildman–Crippen LogP) is 5.15. The molecule has 0 aromatic heterocycles. The number of aliphatic hydroxyl groups excluding tert-OH is 1. The number of piperazine rings is 2. The van der Waals surface area contributed by atoms with Crippen molar-refractivity contribution in [1.82, 2.24) is 29.4 Å². The number of amides is 4. The number of nitriles is 2. The molecule has 89 heavy (non-hydrogen) atoms. The normalized spacial score (nSPS) is 27.9. The lowest BCUT2D eigenvalue weighted by Gasteiger charge is -2.60. The van der Waals surface area contributed by atoms with Gasteiger partial charge in [0, 0.05) is 81.8 Å². The van der Waals surface area contributed by atoms with Crippen molar-refractivity contribution in [1.29, 1.82) is 10.5 Å². The summed E-state index contributed by atoms with van der Waals surface area (Å²) in [6.07, 6.45) is 1.04. The van der Waals surface area contributed by atoms with Gasteiger partial charge in [0.15, 0.2) is 34.5 Å². The Morgan fingerprint density at radius 2 is 0.899 bits per heavy atom. The number of ketones is 4. The number of likely N-dealkylation sites (N-methyl/N-ethyl adjacent to an activating group) is 2. The standard InChI is InChI=1S/C34H32N4O7.C33H30N4O7/c1-15-10-17-11-21-23(13-35)38-22(27(36(21)3)25(17)29(40)31(15)44-4)12-20-26(30(41)32(45-5)16(2)28(20)39)24(38)14-37-33(42)18-8-6-7-9-19(18)34(37)43;1-14-9-16-10-20-22(12-34)37-21(26(35(20)3)24(16)30(41)31(14)44-4)11-19-25(29(40)28(39)15(2)27(19)38)23(37)13-36-32(42)17-7-5-6-8-18(17)33(36)43/h6-10,21-24,27,40H,11-12,14H2,1-5H3;5-9,20-23,26,38,41H,10-11,13H2,1-4H3/t21-,22-,23-,24-,27-;20-,21-,22-,23-,26-/m00/s1. The Bertz CT molecular complexity index is 4150. The number of hydrogen-bond donors (Lipinski definition) is 3. The number of nitrogens with zero attached hydrogens (tertiary/aromatic N) is 8. The van der Waals surface area contributed by atoms with Crippen LogP contribution >= 0.6 is 0 Å². The second kappa shape index (κ2) is 21.1. The summed E-state index contributed by atoms with van der Waals surface area (Å²) in [5.41, 5.74) is 6.30. The first kappa shape index (κ1) is 58.4. The quantitative estimate of drug-likeness (QED) is 0.0933. The first-order valence-electron chi connectivity index (χ1n) is 29.3. The summed E-state index contributed by atoms with van der Waals surface area (Å²) in [6.45, 7) is 6.09. The van der Waals surface area contributed by atoms with E-state index in [2.05, 4.69) is 17.0 Å². The molecule has 3 N–H and O–H groups in total. The van der Waals surface area contributed by atoms with Crippen LogP contribution in [0.25, 0.3) is 0 Å². The van der Waals surface area contributed by atoms with Crippen molar-refractivity contribution in [3.8, 4) is 35.1 Å². The van der Waals surface area contributed by atoms with Gasteiger partial charge >= 0.3 is 0 Å². The highest BCUT2D eigenvalue weighted by molar-refractivity contribution is 6.50. The molecule has 4 aromatic carbocycles. The van der Waals surface area contributed by atoms with Gasteiger partial charge in [-0.1, -0.05) is 36.4 Å². The number of allylic oxidation sites excluding steroid dienone is 4. The van der Waals surface area contributed by atoms with Gasteiger partial charge in [-0.2, -0.15) is 10.5 Å². The minimum Gasteiger partial charge on any atom is -0.507 e. The lowest BCUT2D eigenvalue weighted by molar-refractivity contribution is -0.134. The lowest BCUT2D eigenvalue weighted by Crippen LogP contribution is -2.71. The van der Waals surface area contributed by atoms with Crippen LogP contribution in [0.15, 0.2) is 106 Å². The van der Waals surface area contributed by atoms with E-state index in [1.54, 1.807) is 55.5 Å². The number of hydrogen-bond acceptors (Lipinski definition) is 20. The van der Waals surface area contributed by atoms with E-state index in [9.17, 15) is 64.2 Å². The molecule has 0 saturated carbocycles. The van der Waals surface area contributed by atoms with Crippen molar-refractivity contribution in [2.75, 3.05) is 48.5 Å². The summed E-state index contributed by atoms with van der Waals surface area (Å²) < 4.78 is 16.5. The van der Waals surface area contributed by atoms with Gasteiger partial charge in [-0.05, 0) is 114 Å². The summed E-state index contributed by atoms with van der Waals surface area (Å²) in [4.78, 5) is 119. The Morgan fingerprint density at radius 1 is 0.506 bits per heavy atom. The van der Waals surface area contributed by atoms with Crippen molar-refractivity contribution in [3.63, 3.8) is 0 Å². The summed E-state index contributed by atoms with van der Waals surface area (Å²) in [5.74, 6) is -4.34. The van der Waals surface area contributed by atoms with Crippen LogP contribution < -0.4 is 9.47 Å². The topological polar surface area (TPSA) is 292 Å². The highest BCUT2D eigenvalue weighted by atomic mass is 16.5. The SMILES string of the molecule is COC1=C(C)C(=O)C2=C(C1=O)[C@H](CN1C(=O)c3ccccc3C1=O)N1[C@@H](C#N)[C@@H]3Cc4cc(C)c(OC)c(O)c4[C@H]([C@@H]1C2)N3C.COc1c(C)cc2c(c1O)[C@@H]1[C@@H]3CC4=C(C(=O)C(=O)C(C)=C4O)[C@H](CN4C(=O)c5ccccc5C4=O)N3[C@@H](C#N)[C@H](C2)N1C. The summed E-state index contributed by atoms with van der Waals surface area (Å²) in [7, 11) is 8.08. The van der Waals surface area contributed by atoms with Crippen molar-refractivity contribution < 1.29 is 67.9 Å². The van der Waals surface area contributed by atoms with E-state index in [0.29, 0.717) is 35.5 Å². The van der Waals surface area contributed by atoms with Crippen LogP contribution in [0.3, 0.4) is 0 Å². The number of imide groups is 2. The molecule has 2 saturated heterocycles. The van der Waals surface area contributed by atoms with Gasteiger partial charge in [0.25, 0.3) is 23.6 Å². The summed E-state index contributed by atoms with van der Waals surface area (Å²) >= 11 is 0. The molecular formula is C67H62N8O14. The molecule has 0 spiro atoms. The second-order valence-corrected chi connectivity index (χ2v) is 24.4. The Hall–Kier alpha value is -9.58. The molecule has 14 rings (SSSR count). The molecule has 4 bridgehead atoms. The average molecular weight is 1200 g/mol. The molecule has 10 aliphatic rings. The molecule has 2 aliphatic carbocycles. The van der Waals surface area contributed by atoms with Crippen molar-refractivity contribution >= 4 is 46.8 Å². The van der Waals surface area contributed by atoms with Gasteiger partial charge in [-0.3, -0.25) is 67.8 Å². The molecule has 0 radical (unpaired) electrons. The van der Waals surface area contributed by atoms with Crippen LogP contribution in [-0.2, 0) is 36.8 Å². The maximum Gasteiger partial charge on any atom is 0.261 e. The molecule has 22 heteroatoms. The molecular weight excluding hydrogens is 1140 g/mol. The van der Waals surface area contributed by atoms with Crippen molar-refractivity contribution in [2.45, 2.75) is 114 Å². The molecule has 0 unspecified atom stereocenters. The first-order chi connectivity index (χ1) is 42.6. The Balaban J connectivity index is 0.000000164. The van der Waals surface area contributed by atoms with Gasteiger partial charge in [0.2, 0.25) is 17.3 Å². The predicted molar refractivity (Wildman–Crippen MR) is 314 cm³/mol. The molecule has 10 atom stereocenters. The third kappa shape index (κ3) is 8.06. The number of carbonyl (C=O) groups excluding carboxylic acids is 8. The van der Waals surface area contributed by atoms with Crippen LogP contribution in [0.2, 0.25) is 0 Å². The van der Waals surface area contributed by atoms with Gasteiger partial charge in [-0.25, -0.2) is 0 Å². The number of phenols is 2. The van der Waals surface area contributed by atoms with E-state index in [4.69, 9.17) is 14.2 Å². The van der Waals surface area contributed by atoms with E-state index in [0.717, 1.165) is 32.1 Å². The van der Waals surface area contributed by atoms with Crippen LogP contribution in [0.5, 0.6) is 23.0 Å². The number of aryl methyl sites for hydroxylation is 2. The number of ether oxygens (including phenoxy) is 3. The zero-order valence-electron chi connectivity index (χ0n) is 50.2. The third-order valence-electron chi connectivity index (χ3n) is 20.4. The fourth-order valence-corrected chi connectivity index (χ4v) is 16.5. The lowest BCUT2D eigenvalue weighted by atomic mass is 9.69. The van der Waals surface area contributed by atoms with E-state index >= 15 is 0 Å². The number of fused-ring (bicyclic) bond motifs is 14. The van der Waals surface area contributed by atoms with E-state index in [-0.39, 0.29) is 123 Å². The number of methoxy groups -OCH3 is 3. The Labute approximate surface area is 511 Å². The Kier molecular flexibility index (Phi) is 13.8. The van der Waals surface area contributed by atoms with E-state index in [1.165, 1.54) is 28.3 Å². The largest absolute Gasteiger partial charge is 0.507 e. The number of aliphatic hydroxyl groups is 1. The number of aromatic hydroxyl groups is 2. The van der Waals surface area contributed by atoms with Gasteiger partial charge in [0.1, 0.15) is 17.8 Å². The van der Waals surface area contributed by atoms with Crippen LogP contribution in [0.1, 0.15) is 114 Å². The second-order valence-electron chi connectivity index (χ2n) is 24.4. The van der Waals surface area contributed by atoms with E-state index in [1.807, 2.05) is 54.8 Å². The van der Waals surface area contributed by atoms with E-state index < -0.39 is 89.3 Å². The maximum absolute atomic E-state index is 14.1.